The molecule has 2 fully saturated rings. The van der Waals surface area contributed by atoms with Gasteiger partial charge in [-0.15, -0.1) is 24.0 Å². The van der Waals surface area contributed by atoms with Crippen LogP contribution in [0.25, 0.3) is 0 Å². The molecule has 3 rings (SSSR count). The summed E-state index contributed by atoms with van der Waals surface area (Å²) in [5.74, 6) is 2.77. The van der Waals surface area contributed by atoms with Gasteiger partial charge in [0.2, 0.25) is 0 Å². The van der Waals surface area contributed by atoms with Gasteiger partial charge in [-0.3, -0.25) is 4.90 Å². The largest absolute Gasteiger partial charge is 0.375 e. The number of hydrogen-bond acceptors (Lipinski definition) is 5. The van der Waals surface area contributed by atoms with Crippen LogP contribution in [0.5, 0.6) is 0 Å². The average Bonchev–Trinajstić information content (AvgIpc) is 2.72. The van der Waals surface area contributed by atoms with Crippen molar-refractivity contribution in [2.75, 3.05) is 63.9 Å². The van der Waals surface area contributed by atoms with Gasteiger partial charge in [-0.2, -0.15) is 0 Å². The topological polar surface area (TPSA) is 56.2 Å². The average molecular weight is 530 g/mol. The molecule has 30 heavy (non-hydrogen) atoms. The molecule has 0 amide bonds. The van der Waals surface area contributed by atoms with E-state index in [-0.39, 0.29) is 30.1 Å². The third-order valence-electron chi connectivity index (χ3n) is 5.42. The first-order valence-corrected chi connectivity index (χ1v) is 11.1. The van der Waals surface area contributed by atoms with E-state index in [0.29, 0.717) is 6.54 Å². The summed E-state index contributed by atoms with van der Waals surface area (Å²) in [6.45, 7) is 18.4. The molecule has 1 aromatic heterocycles. The minimum absolute atomic E-state index is 0. The molecule has 3 heterocycles. The van der Waals surface area contributed by atoms with E-state index in [0.717, 1.165) is 70.1 Å². The second kappa shape index (κ2) is 12.7. The van der Waals surface area contributed by atoms with Crippen molar-refractivity contribution < 1.29 is 4.74 Å². The number of aliphatic imine (C=N–C) groups is 1. The van der Waals surface area contributed by atoms with Crippen LogP contribution in [0, 0.1) is 5.92 Å². The van der Waals surface area contributed by atoms with Gasteiger partial charge < -0.3 is 19.9 Å². The fourth-order valence-electron chi connectivity index (χ4n) is 4.01. The molecule has 2 aliphatic heterocycles. The SMILES string of the molecule is CCNC(=NCc1ccnc(N2CCOC(C)C2)c1)N1CCN(CC(C)C)CC1.I. The van der Waals surface area contributed by atoms with E-state index in [1.165, 1.54) is 12.1 Å². The summed E-state index contributed by atoms with van der Waals surface area (Å²) in [5.41, 5.74) is 1.20. The van der Waals surface area contributed by atoms with E-state index in [1.807, 2.05) is 6.20 Å². The zero-order valence-corrected chi connectivity index (χ0v) is 21.3. The monoisotopic (exact) mass is 530 g/mol. The zero-order chi connectivity index (χ0) is 20.6. The van der Waals surface area contributed by atoms with Crippen molar-refractivity contribution in [3.63, 3.8) is 0 Å². The highest BCUT2D eigenvalue weighted by Crippen LogP contribution is 2.17. The summed E-state index contributed by atoms with van der Waals surface area (Å²) < 4.78 is 5.65. The highest BCUT2D eigenvalue weighted by molar-refractivity contribution is 14.0. The van der Waals surface area contributed by atoms with Crippen molar-refractivity contribution in [3.8, 4) is 0 Å². The molecule has 1 aromatic rings. The summed E-state index contributed by atoms with van der Waals surface area (Å²) in [6, 6.07) is 4.24. The molecule has 2 saturated heterocycles. The Balaban J connectivity index is 0.00000320. The van der Waals surface area contributed by atoms with E-state index in [9.17, 15) is 0 Å². The molecule has 0 spiro atoms. The number of guanidine groups is 1. The lowest BCUT2D eigenvalue weighted by molar-refractivity contribution is 0.0529. The van der Waals surface area contributed by atoms with Crippen LogP contribution in [-0.2, 0) is 11.3 Å². The van der Waals surface area contributed by atoms with E-state index >= 15 is 0 Å². The van der Waals surface area contributed by atoms with Gasteiger partial charge in [0.05, 0.1) is 19.3 Å². The van der Waals surface area contributed by atoms with Crippen LogP contribution < -0.4 is 10.2 Å². The molecule has 0 aromatic carbocycles. The van der Waals surface area contributed by atoms with Crippen molar-refractivity contribution >= 4 is 35.8 Å². The summed E-state index contributed by atoms with van der Waals surface area (Å²) in [6.07, 6.45) is 2.15. The smallest absolute Gasteiger partial charge is 0.194 e. The van der Waals surface area contributed by atoms with Gasteiger partial charge in [0, 0.05) is 58.6 Å². The van der Waals surface area contributed by atoms with Crippen molar-refractivity contribution in [2.45, 2.75) is 40.3 Å². The predicted octanol–water partition coefficient (Wildman–Crippen LogP) is 2.66. The summed E-state index contributed by atoms with van der Waals surface area (Å²) in [7, 11) is 0. The van der Waals surface area contributed by atoms with Crippen LogP contribution in [0.4, 0.5) is 5.82 Å². The number of aromatic nitrogens is 1. The number of morpholine rings is 1. The first kappa shape index (κ1) is 25.1. The number of nitrogens with zero attached hydrogens (tertiary/aromatic N) is 5. The summed E-state index contributed by atoms with van der Waals surface area (Å²) >= 11 is 0. The van der Waals surface area contributed by atoms with Crippen molar-refractivity contribution in [3.05, 3.63) is 23.9 Å². The first-order chi connectivity index (χ1) is 14.0. The number of pyridine rings is 1. The Morgan fingerprint density at radius 3 is 2.70 bits per heavy atom. The van der Waals surface area contributed by atoms with E-state index in [2.05, 4.69) is 64.8 Å². The molecule has 7 nitrogen and oxygen atoms in total. The second-order valence-corrected chi connectivity index (χ2v) is 8.50. The fraction of sp³-hybridized carbons (Fsp3) is 0.727. The molecule has 1 unspecified atom stereocenters. The lowest BCUT2D eigenvalue weighted by atomic mass is 10.2. The molecule has 0 saturated carbocycles. The second-order valence-electron chi connectivity index (χ2n) is 8.50. The molecule has 1 atom stereocenters. The number of nitrogens with one attached hydrogen (secondary N) is 1. The summed E-state index contributed by atoms with van der Waals surface area (Å²) in [5, 5.41) is 3.48. The van der Waals surface area contributed by atoms with Crippen molar-refractivity contribution in [2.24, 2.45) is 10.9 Å². The number of ether oxygens (including phenoxy) is 1. The van der Waals surface area contributed by atoms with Crippen LogP contribution >= 0.6 is 24.0 Å². The molecule has 2 aliphatic rings. The molecule has 0 bridgehead atoms. The standard InChI is InChI=1S/C22H38N6O.HI/c1-5-23-22(27-10-8-26(9-11-27)16-18(2)3)25-15-20-6-7-24-21(14-20)28-12-13-29-19(4)17-28;/h6-7,14,18-19H,5,8-13,15-17H2,1-4H3,(H,23,25);1H. The van der Waals surface area contributed by atoms with E-state index < -0.39 is 0 Å². The van der Waals surface area contributed by atoms with E-state index in [4.69, 9.17) is 9.73 Å². The van der Waals surface area contributed by atoms with Gasteiger partial charge in [-0.05, 0) is 37.5 Å². The van der Waals surface area contributed by atoms with Crippen LogP contribution in [0.1, 0.15) is 33.3 Å². The van der Waals surface area contributed by atoms with Crippen LogP contribution in [0.2, 0.25) is 0 Å². The third-order valence-corrected chi connectivity index (χ3v) is 5.42. The quantitative estimate of drug-likeness (QED) is 0.347. The van der Waals surface area contributed by atoms with Gasteiger partial charge in [-0.1, -0.05) is 13.8 Å². The van der Waals surface area contributed by atoms with Crippen molar-refractivity contribution in [1.29, 1.82) is 0 Å². The minimum atomic E-state index is 0. The molecule has 1 N–H and O–H groups in total. The van der Waals surface area contributed by atoms with Crippen LogP contribution in [0.3, 0.4) is 0 Å². The zero-order valence-electron chi connectivity index (χ0n) is 19.0. The Hall–Kier alpha value is -1.13. The highest BCUT2D eigenvalue weighted by Gasteiger charge is 2.20. The first-order valence-electron chi connectivity index (χ1n) is 11.1. The maximum atomic E-state index is 5.65. The van der Waals surface area contributed by atoms with E-state index in [1.54, 1.807) is 0 Å². The lowest BCUT2D eigenvalue weighted by Gasteiger charge is -2.37. The Labute approximate surface area is 199 Å². The number of piperazine rings is 1. The van der Waals surface area contributed by atoms with Gasteiger partial charge in [0.1, 0.15) is 5.82 Å². The maximum absolute atomic E-state index is 5.65. The van der Waals surface area contributed by atoms with Crippen LogP contribution in [-0.4, -0.2) is 85.8 Å². The fourth-order valence-corrected chi connectivity index (χ4v) is 4.01. The Morgan fingerprint density at radius 2 is 2.03 bits per heavy atom. The predicted molar refractivity (Wildman–Crippen MR) is 135 cm³/mol. The van der Waals surface area contributed by atoms with Gasteiger partial charge >= 0.3 is 0 Å². The summed E-state index contributed by atoms with van der Waals surface area (Å²) in [4.78, 5) is 16.8. The Morgan fingerprint density at radius 1 is 1.27 bits per heavy atom. The molecule has 170 valence electrons. The number of hydrogen-bond donors (Lipinski definition) is 1. The van der Waals surface area contributed by atoms with Gasteiger partial charge in [0.15, 0.2) is 5.96 Å². The molecular formula is C22H39IN6O. The molecule has 0 aliphatic carbocycles. The maximum Gasteiger partial charge on any atom is 0.194 e. The number of halogens is 1. The Bertz CT molecular complexity index is 663. The molecule has 0 radical (unpaired) electrons. The molecular weight excluding hydrogens is 491 g/mol. The minimum Gasteiger partial charge on any atom is -0.375 e. The Kier molecular flexibility index (Phi) is 10.6. The van der Waals surface area contributed by atoms with Gasteiger partial charge in [-0.25, -0.2) is 9.98 Å². The number of rotatable bonds is 6. The number of anilines is 1. The normalized spacial score (nSPS) is 21.0. The van der Waals surface area contributed by atoms with Crippen LogP contribution in [0.15, 0.2) is 23.3 Å². The highest BCUT2D eigenvalue weighted by atomic mass is 127. The lowest BCUT2D eigenvalue weighted by Crippen LogP contribution is -2.53. The third kappa shape index (κ3) is 7.53. The van der Waals surface area contributed by atoms with Crippen molar-refractivity contribution in [1.82, 2.24) is 20.1 Å². The molecule has 8 heteroatoms. The van der Waals surface area contributed by atoms with Gasteiger partial charge in [0.25, 0.3) is 0 Å².